The van der Waals surface area contributed by atoms with E-state index in [0.717, 1.165) is 5.92 Å². The van der Waals surface area contributed by atoms with E-state index in [1.165, 1.54) is 30.1 Å². The van der Waals surface area contributed by atoms with E-state index in [2.05, 4.69) is 17.2 Å². The number of hydrogen-bond acceptors (Lipinski definition) is 3. The molecule has 0 spiro atoms. The lowest BCUT2D eigenvalue weighted by Gasteiger charge is -2.26. The van der Waals surface area contributed by atoms with Crippen molar-refractivity contribution in [2.45, 2.75) is 13.3 Å². The molecule has 0 saturated carbocycles. The summed E-state index contributed by atoms with van der Waals surface area (Å²) < 4.78 is 0. The molecule has 0 bridgehead atoms. The van der Waals surface area contributed by atoms with Crippen molar-refractivity contribution in [3.63, 3.8) is 0 Å². The first-order valence-corrected chi connectivity index (χ1v) is 4.84. The molecule has 60 valence electrons. The number of rotatable bonds is 2. The molecular weight excluding hydrogens is 156 g/mol. The molecule has 1 aromatic rings. The summed E-state index contributed by atoms with van der Waals surface area (Å²) in [6.45, 7) is 4.51. The lowest BCUT2D eigenvalue weighted by atomic mass is 9.97. The first kappa shape index (κ1) is 7.25. The minimum absolute atomic E-state index is 0.843. The van der Waals surface area contributed by atoms with Gasteiger partial charge in [-0.05, 0) is 32.4 Å². The summed E-state index contributed by atoms with van der Waals surface area (Å²) in [7, 11) is 0. The predicted octanol–water partition coefficient (Wildman–Crippen LogP) is 1.21. The monoisotopic (exact) mass is 168 g/mol. The van der Waals surface area contributed by atoms with Crippen LogP contribution in [0.15, 0.2) is 5.51 Å². The van der Waals surface area contributed by atoms with E-state index < -0.39 is 0 Å². The molecule has 0 unspecified atom stereocenters. The second-order valence-electron chi connectivity index (χ2n) is 3.08. The van der Waals surface area contributed by atoms with Gasteiger partial charge in [-0.2, -0.15) is 0 Å². The van der Waals surface area contributed by atoms with Gasteiger partial charge in [-0.3, -0.25) is 0 Å². The fraction of sp³-hybridized carbons (Fsp3) is 0.625. The zero-order valence-electron chi connectivity index (χ0n) is 6.63. The average molecular weight is 168 g/mol. The predicted molar refractivity (Wildman–Crippen MR) is 46.9 cm³/mol. The quantitative estimate of drug-likeness (QED) is 0.718. The van der Waals surface area contributed by atoms with Gasteiger partial charge in [0.05, 0.1) is 11.2 Å². The molecule has 1 fully saturated rings. The molecule has 1 saturated heterocycles. The second-order valence-corrected chi connectivity index (χ2v) is 4.14. The van der Waals surface area contributed by atoms with E-state index in [9.17, 15) is 0 Å². The summed E-state index contributed by atoms with van der Waals surface area (Å²) in [5.74, 6) is 0.843. The van der Waals surface area contributed by atoms with Gasteiger partial charge < -0.3 is 5.32 Å². The Morgan fingerprint density at radius 2 is 2.55 bits per heavy atom. The molecule has 1 aliphatic rings. The Balaban J connectivity index is 1.99. The van der Waals surface area contributed by atoms with Gasteiger partial charge in [-0.25, -0.2) is 4.98 Å². The minimum atomic E-state index is 0.843. The maximum Gasteiger partial charge on any atom is 0.0797 e. The van der Waals surface area contributed by atoms with Gasteiger partial charge in [0.2, 0.25) is 0 Å². The van der Waals surface area contributed by atoms with Crippen molar-refractivity contribution in [1.29, 1.82) is 0 Å². The Kier molecular flexibility index (Phi) is 1.92. The second kappa shape index (κ2) is 2.91. The van der Waals surface area contributed by atoms with Crippen molar-refractivity contribution < 1.29 is 0 Å². The first-order valence-electron chi connectivity index (χ1n) is 3.96. The smallest absolute Gasteiger partial charge is 0.0797 e. The van der Waals surface area contributed by atoms with Gasteiger partial charge in [0.15, 0.2) is 0 Å². The largest absolute Gasteiger partial charge is 0.316 e. The van der Waals surface area contributed by atoms with Gasteiger partial charge in [-0.15, -0.1) is 11.3 Å². The summed E-state index contributed by atoms with van der Waals surface area (Å²) in [5.41, 5.74) is 3.25. The summed E-state index contributed by atoms with van der Waals surface area (Å²) in [6, 6.07) is 0. The van der Waals surface area contributed by atoms with Gasteiger partial charge in [0.1, 0.15) is 0 Å². The fourth-order valence-electron chi connectivity index (χ4n) is 1.29. The van der Waals surface area contributed by atoms with Crippen molar-refractivity contribution in [2.75, 3.05) is 13.1 Å². The highest BCUT2D eigenvalue weighted by molar-refractivity contribution is 7.09. The van der Waals surface area contributed by atoms with E-state index in [1.54, 1.807) is 11.3 Å². The Hall–Kier alpha value is -0.410. The van der Waals surface area contributed by atoms with Gasteiger partial charge in [0.25, 0.3) is 0 Å². The molecule has 0 aromatic carbocycles. The molecular formula is C8H12N2S. The normalized spacial score (nSPS) is 18.3. The maximum absolute atomic E-state index is 4.33. The highest BCUT2D eigenvalue weighted by Gasteiger charge is 2.18. The van der Waals surface area contributed by atoms with Crippen LogP contribution in [0.1, 0.15) is 10.6 Å². The topological polar surface area (TPSA) is 24.9 Å². The van der Waals surface area contributed by atoms with Crippen LogP contribution in [0.3, 0.4) is 0 Å². The highest BCUT2D eigenvalue weighted by atomic mass is 32.1. The van der Waals surface area contributed by atoms with E-state index in [4.69, 9.17) is 0 Å². The Bertz CT molecular complexity index is 240. The number of nitrogens with one attached hydrogen (secondary N) is 1. The van der Waals surface area contributed by atoms with Gasteiger partial charge >= 0.3 is 0 Å². The van der Waals surface area contributed by atoms with Crippen molar-refractivity contribution in [3.05, 3.63) is 16.1 Å². The molecule has 1 aliphatic heterocycles. The molecule has 2 nitrogen and oxygen atoms in total. The van der Waals surface area contributed by atoms with Gasteiger partial charge in [-0.1, -0.05) is 0 Å². The van der Waals surface area contributed by atoms with Crippen molar-refractivity contribution >= 4 is 11.3 Å². The lowest BCUT2D eigenvalue weighted by molar-refractivity contribution is 0.344. The number of aromatic nitrogens is 1. The number of aryl methyl sites for hydroxylation is 1. The van der Waals surface area contributed by atoms with Crippen LogP contribution in [0.2, 0.25) is 0 Å². The van der Waals surface area contributed by atoms with E-state index in [0.29, 0.717) is 0 Å². The summed E-state index contributed by atoms with van der Waals surface area (Å²) in [5, 5.41) is 3.27. The Morgan fingerprint density at radius 1 is 1.73 bits per heavy atom. The molecule has 0 aliphatic carbocycles. The molecule has 1 N–H and O–H groups in total. The van der Waals surface area contributed by atoms with Crippen molar-refractivity contribution in [1.82, 2.24) is 10.3 Å². The van der Waals surface area contributed by atoms with Crippen LogP contribution in [0.5, 0.6) is 0 Å². The van der Waals surface area contributed by atoms with E-state index in [-0.39, 0.29) is 0 Å². The summed E-state index contributed by atoms with van der Waals surface area (Å²) >= 11 is 1.75. The zero-order valence-corrected chi connectivity index (χ0v) is 7.45. The van der Waals surface area contributed by atoms with Crippen LogP contribution in [-0.2, 0) is 6.42 Å². The standard InChI is InChI=1S/C8H12N2S/c1-6-8(10-5-11-6)2-7-3-9-4-7/h5,7,9H,2-4H2,1H3. The Morgan fingerprint density at radius 3 is 3.00 bits per heavy atom. The Labute approximate surface area is 70.7 Å². The molecule has 0 amide bonds. The first-order chi connectivity index (χ1) is 5.36. The molecule has 11 heavy (non-hydrogen) atoms. The molecule has 2 heterocycles. The number of hydrogen-bond donors (Lipinski definition) is 1. The SMILES string of the molecule is Cc1scnc1CC1CNC1. The van der Waals surface area contributed by atoms with E-state index in [1.807, 2.05) is 5.51 Å². The average Bonchev–Trinajstić information content (AvgIpc) is 2.27. The fourth-order valence-corrected chi connectivity index (χ4v) is 1.90. The lowest BCUT2D eigenvalue weighted by Crippen LogP contribution is -2.43. The third-order valence-electron chi connectivity index (χ3n) is 2.19. The van der Waals surface area contributed by atoms with E-state index >= 15 is 0 Å². The molecule has 0 atom stereocenters. The van der Waals surface area contributed by atoms with Crippen LogP contribution in [0.25, 0.3) is 0 Å². The minimum Gasteiger partial charge on any atom is -0.316 e. The zero-order chi connectivity index (χ0) is 7.68. The summed E-state index contributed by atoms with van der Waals surface area (Å²) in [4.78, 5) is 5.71. The van der Waals surface area contributed by atoms with Crippen LogP contribution in [0, 0.1) is 12.8 Å². The van der Waals surface area contributed by atoms with Crippen LogP contribution >= 0.6 is 11.3 Å². The number of thiazole rings is 1. The van der Waals surface area contributed by atoms with Crippen LogP contribution < -0.4 is 5.32 Å². The molecule has 0 radical (unpaired) electrons. The third kappa shape index (κ3) is 1.44. The van der Waals surface area contributed by atoms with Crippen LogP contribution in [-0.4, -0.2) is 18.1 Å². The maximum atomic E-state index is 4.33. The summed E-state index contributed by atoms with van der Waals surface area (Å²) in [6.07, 6.45) is 1.17. The molecule has 1 aromatic heterocycles. The molecule has 3 heteroatoms. The van der Waals surface area contributed by atoms with Crippen molar-refractivity contribution in [3.8, 4) is 0 Å². The van der Waals surface area contributed by atoms with Gasteiger partial charge in [0, 0.05) is 4.88 Å². The highest BCUT2D eigenvalue weighted by Crippen LogP contribution is 2.17. The third-order valence-corrected chi connectivity index (χ3v) is 2.99. The number of nitrogens with zero attached hydrogens (tertiary/aromatic N) is 1. The van der Waals surface area contributed by atoms with Crippen LogP contribution in [0.4, 0.5) is 0 Å². The van der Waals surface area contributed by atoms with Crippen molar-refractivity contribution in [2.24, 2.45) is 5.92 Å². The molecule has 2 rings (SSSR count).